The van der Waals surface area contributed by atoms with Gasteiger partial charge in [-0.15, -0.1) is 11.3 Å². The zero-order valence-corrected chi connectivity index (χ0v) is 11.0. The Morgan fingerprint density at radius 1 is 1.26 bits per heavy atom. The summed E-state index contributed by atoms with van der Waals surface area (Å²) in [5.41, 5.74) is -0.418. The molecule has 19 heavy (non-hydrogen) atoms. The number of hydrogen-bond acceptors (Lipinski definition) is 5. The van der Waals surface area contributed by atoms with E-state index in [-0.39, 0.29) is 21.2 Å². The summed E-state index contributed by atoms with van der Waals surface area (Å²) in [4.78, 5) is 11.0. The van der Waals surface area contributed by atoms with Gasteiger partial charge in [0.1, 0.15) is 9.96 Å². The molecule has 0 saturated carbocycles. The van der Waals surface area contributed by atoms with Crippen LogP contribution >= 0.6 is 11.3 Å². The van der Waals surface area contributed by atoms with Crippen LogP contribution in [-0.2, 0) is 10.0 Å². The highest BCUT2D eigenvalue weighted by atomic mass is 32.2. The third kappa shape index (κ3) is 2.85. The van der Waals surface area contributed by atoms with Crippen LogP contribution in [0.4, 0.5) is 5.69 Å². The van der Waals surface area contributed by atoms with Gasteiger partial charge in [0.05, 0.1) is 11.3 Å². The van der Waals surface area contributed by atoms with Gasteiger partial charge in [0.15, 0.2) is 0 Å². The number of carbonyl (C=O) groups is 1. The van der Waals surface area contributed by atoms with E-state index in [9.17, 15) is 18.3 Å². The molecule has 3 N–H and O–H groups in total. The highest BCUT2D eigenvalue weighted by Gasteiger charge is 2.19. The van der Waals surface area contributed by atoms with E-state index < -0.39 is 16.0 Å². The number of aromatic carboxylic acids is 1. The molecule has 2 aromatic rings. The molecular formula is C11H9NO5S2. The van der Waals surface area contributed by atoms with Gasteiger partial charge in [0.25, 0.3) is 10.0 Å². The van der Waals surface area contributed by atoms with Crippen LogP contribution in [0.3, 0.4) is 0 Å². The van der Waals surface area contributed by atoms with Crippen molar-refractivity contribution in [2.75, 3.05) is 4.72 Å². The molecule has 0 radical (unpaired) electrons. The smallest absolute Gasteiger partial charge is 0.337 e. The maximum absolute atomic E-state index is 12.0. The van der Waals surface area contributed by atoms with E-state index in [1.165, 1.54) is 18.2 Å². The standard InChI is InChI=1S/C11H9NO5S2/c13-7-3-4-9(8(6-7)11(14)15)12-19(16,17)10-2-1-5-18-10/h1-6,12-13H,(H,14,15). The molecule has 2 rings (SSSR count). The van der Waals surface area contributed by atoms with E-state index in [4.69, 9.17) is 5.11 Å². The molecule has 1 heterocycles. The van der Waals surface area contributed by atoms with Crippen molar-refractivity contribution in [3.05, 3.63) is 41.3 Å². The average molecular weight is 299 g/mol. The van der Waals surface area contributed by atoms with Crippen molar-refractivity contribution in [3.8, 4) is 5.75 Å². The van der Waals surface area contributed by atoms with Gasteiger partial charge in [-0.2, -0.15) is 0 Å². The van der Waals surface area contributed by atoms with Gasteiger partial charge < -0.3 is 10.2 Å². The van der Waals surface area contributed by atoms with Crippen molar-refractivity contribution in [1.29, 1.82) is 0 Å². The molecule has 8 heteroatoms. The lowest BCUT2D eigenvalue weighted by Gasteiger charge is -2.09. The Morgan fingerprint density at radius 2 is 2.00 bits per heavy atom. The largest absolute Gasteiger partial charge is 0.508 e. The van der Waals surface area contributed by atoms with E-state index in [0.29, 0.717) is 0 Å². The number of phenols is 1. The molecule has 0 aliphatic rings. The number of thiophene rings is 1. The van der Waals surface area contributed by atoms with Crippen LogP contribution < -0.4 is 4.72 Å². The summed E-state index contributed by atoms with van der Waals surface area (Å²) >= 11 is 1.02. The van der Waals surface area contributed by atoms with Gasteiger partial charge in [-0.25, -0.2) is 13.2 Å². The van der Waals surface area contributed by atoms with Gasteiger partial charge >= 0.3 is 5.97 Å². The first kappa shape index (κ1) is 13.4. The Bertz CT molecular complexity index is 707. The number of carboxylic acid groups (broad SMARTS) is 1. The van der Waals surface area contributed by atoms with Crippen molar-refractivity contribution in [1.82, 2.24) is 0 Å². The van der Waals surface area contributed by atoms with E-state index in [0.717, 1.165) is 17.4 Å². The van der Waals surface area contributed by atoms with E-state index >= 15 is 0 Å². The third-order valence-electron chi connectivity index (χ3n) is 2.24. The number of nitrogens with one attached hydrogen (secondary N) is 1. The molecule has 1 aromatic carbocycles. The van der Waals surface area contributed by atoms with Crippen molar-refractivity contribution < 1.29 is 23.4 Å². The number of carboxylic acids is 1. The number of aromatic hydroxyl groups is 1. The fourth-order valence-corrected chi connectivity index (χ4v) is 3.48. The predicted molar refractivity (Wildman–Crippen MR) is 70.2 cm³/mol. The summed E-state index contributed by atoms with van der Waals surface area (Å²) in [5.74, 6) is -1.59. The lowest BCUT2D eigenvalue weighted by molar-refractivity contribution is 0.0697. The zero-order chi connectivity index (χ0) is 14.0. The number of anilines is 1. The summed E-state index contributed by atoms with van der Waals surface area (Å²) < 4.78 is 26.2. The molecule has 6 nitrogen and oxygen atoms in total. The van der Waals surface area contributed by atoms with Crippen molar-refractivity contribution in [3.63, 3.8) is 0 Å². The topological polar surface area (TPSA) is 104 Å². The lowest BCUT2D eigenvalue weighted by atomic mass is 10.2. The molecule has 0 atom stereocenters. The second-order valence-electron chi connectivity index (χ2n) is 3.57. The maximum atomic E-state index is 12.0. The van der Waals surface area contributed by atoms with Gasteiger partial charge in [-0.1, -0.05) is 6.07 Å². The third-order valence-corrected chi connectivity index (χ3v) is 5.00. The summed E-state index contributed by atoms with van der Waals surface area (Å²) in [6.07, 6.45) is 0. The fourth-order valence-electron chi connectivity index (χ4n) is 1.41. The monoisotopic (exact) mass is 299 g/mol. The summed E-state index contributed by atoms with van der Waals surface area (Å²) in [6.45, 7) is 0. The van der Waals surface area contributed by atoms with E-state index in [1.54, 1.807) is 11.4 Å². The molecule has 0 saturated heterocycles. The average Bonchev–Trinajstić information content (AvgIpc) is 2.85. The number of phenolic OH excluding ortho intramolecular Hbond substituents is 1. The van der Waals surface area contributed by atoms with Crippen LogP contribution in [0.15, 0.2) is 39.9 Å². The normalized spacial score (nSPS) is 11.2. The second kappa shape index (κ2) is 4.90. The van der Waals surface area contributed by atoms with Gasteiger partial charge in [0, 0.05) is 0 Å². The Hall–Kier alpha value is -2.06. The summed E-state index contributed by atoms with van der Waals surface area (Å²) in [7, 11) is -3.82. The lowest BCUT2D eigenvalue weighted by Crippen LogP contribution is -2.14. The second-order valence-corrected chi connectivity index (χ2v) is 6.43. The minimum Gasteiger partial charge on any atom is -0.508 e. The Morgan fingerprint density at radius 3 is 2.58 bits per heavy atom. The number of sulfonamides is 1. The molecule has 0 spiro atoms. The molecule has 1 aromatic heterocycles. The Balaban J connectivity index is 2.42. The van der Waals surface area contributed by atoms with Crippen LogP contribution in [0.2, 0.25) is 0 Å². The van der Waals surface area contributed by atoms with Gasteiger partial charge in [0.2, 0.25) is 0 Å². The molecular weight excluding hydrogens is 290 g/mol. The summed E-state index contributed by atoms with van der Waals surface area (Å²) in [5, 5.41) is 19.8. The molecule has 0 fully saturated rings. The van der Waals surface area contributed by atoms with Gasteiger partial charge in [-0.05, 0) is 29.6 Å². The fraction of sp³-hybridized carbons (Fsp3) is 0. The van der Waals surface area contributed by atoms with E-state index in [2.05, 4.69) is 4.72 Å². The molecule has 0 amide bonds. The molecule has 0 unspecified atom stereocenters. The van der Waals surface area contributed by atoms with Crippen molar-refractivity contribution >= 4 is 33.0 Å². The molecule has 100 valence electrons. The van der Waals surface area contributed by atoms with Crippen LogP contribution in [0.1, 0.15) is 10.4 Å². The zero-order valence-electron chi connectivity index (χ0n) is 9.40. The SMILES string of the molecule is O=C(O)c1cc(O)ccc1NS(=O)(=O)c1cccs1. The highest BCUT2D eigenvalue weighted by molar-refractivity contribution is 7.94. The quantitative estimate of drug-likeness (QED) is 0.749. The number of rotatable bonds is 4. The Labute approximate surface area is 113 Å². The maximum Gasteiger partial charge on any atom is 0.337 e. The van der Waals surface area contributed by atoms with Crippen LogP contribution in [0.25, 0.3) is 0 Å². The van der Waals surface area contributed by atoms with Crippen LogP contribution in [0, 0.1) is 0 Å². The van der Waals surface area contributed by atoms with Crippen LogP contribution in [-0.4, -0.2) is 24.6 Å². The molecule has 0 aliphatic heterocycles. The Kier molecular flexibility index (Phi) is 3.45. The van der Waals surface area contributed by atoms with Crippen molar-refractivity contribution in [2.45, 2.75) is 4.21 Å². The number of benzene rings is 1. The first-order chi connectivity index (χ1) is 8.90. The van der Waals surface area contributed by atoms with Crippen LogP contribution in [0.5, 0.6) is 5.75 Å². The minimum atomic E-state index is -3.82. The number of hydrogen-bond donors (Lipinski definition) is 3. The first-order valence-corrected chi connectivity index (χ1v) is 7.39. The van der Waals surface area contributed by atoms with Gasteiger partial charge in [-0.3, -0.25) is 4.72 Å². The highest BCUT2D eigenvalue weighted by Crippen LogP contribution is 2.25. The molecule has 0 aliphatic carbocycles. The minimum absolute atomic E-state index is 0.0805. The van der Waals surface area contributed by atoms with Crippen molar-refractivity contribution in [2.24, 2.45) is 0 Å². The summed E-state index contributed by atoms with van der Waals surface area (Å²) in [6, 6.07) is 6.37. The molecule has 0 bridgehead atoms. The van der Waals surface area contributed by atoms with E-state index in [1.807, 2.05) is 0 Å². The first-order valence-electron chi connectivity index (χ1n) is 5.03. The predicted octanol–water partition coefficient (Wildman–Crippen LogP) is 1.95.